The lowest BCUT2D eigenvalue weighted by atomic mass is 10.1. The third kappa shape index (κ3) is 5.76. The molecule has 2 aromatic rings. The summed E-state index contributed by atoms with van der Waals surface area (Å²) in [4.78, 5) is 24.7. The predicted octanol–water partition coefficient (Wildman–Crippen LogP) is 4.15. The Bertz CT molecular complexity index is 881. The SMILES string of the molecule is CCCNC(=O)c1ccc(Cl)cc1NC(=O)C=Cc1cc(OC)ccc1OC. The first-order valence-corrected chi connectivity index (χ1v) is 9.15. The molecule has 0 aliphatic heterocycles. The number of hydrogen-bond donors (Lipinski definition) is 2. The van der Waals surface area contributed by atoms with Crippen molar-refractivity contribution in [3.8, 4) is 11.5 Å². The van der Waals surface area contributed by atoms with E-state index in [2.05, 4.69) is 10.6 Å². The van der Waals surface area contributed by atoms with E-state index in [-0.39, 0.29) is 5.91 Å². The van der Waals surface area contributed by atoms with Gasteiger partial charge in [-0.3, -0.25) is 9.59 Å². The number of rotatable bonds is 8. The monoisotopic (exact) mass is 402 g/mol. The van der Waals surface area contributed by atoms with Gasteiger partial charge in [0.2, 0.25) is 5.91 Å². The highest BCUT2D eigenvalue weighted by molar-refractivity contribution is 6.31. The van der Waals surface area contributed by atoms with E-state index in [1.165, 1.54) is 6.08 Å². The lowest BCUT2D eigenvalue weighted by Gasteiger charge is -2.11. The van der Waals surface area contributed by atoms with E-state index in [0.29, 0.717) is 39.9 Å². The summed E-state index contributed by atoms with van der Waals surface area (Å²) in [5, 5.41) is 5.90. The van der Waals surface area contributed by atoms with Crippen LogP contribution in [0.25, 0.3) is 6.08 Å². The van der Waals surface area contributed by atoms with Crippen LogP contribution in [0.4, 0.5) is 5.69 Å². The zero-order valence-electron chi connectivity index (χ0n) is 16.0. The van der Waals surface area contributed by atoms with Gasteiger partial charge in [-0.05, 0) is 48.9 Å². The maximum atomic E-state index is 12.4. The van der Waals surface area contributed by atoms with Gasteiger partial charge in [0.25, 0.3) is 5.91 Å². The largest absolute Gasteiger partial charge is 0.497 e. The standard InChI is InChI=1S/C21H23ClN2O4/c1-4-11-23-21(26)17-8-6-15(22)13-18(17)24-20(25)10-5-14-12-16(27-2)7-9-19(14)28-3/h5-10,12-13H,4,11H2,1-3H3,(H,23,26)(H,24,25). The van der Waals surface area contributed by atoms with Crippen molar-refractivity contribution in [3.05, 3.63) is 58.6 Å². The Hall–Kier alpha value is -2.99. The van der Waals surface area contributed by atoms with Crippen LogP contribution in [0.1, 0.15) is 29.3 Å². The van der Waals surface area contributed by atoms with Crippen molar-refractivity contribution in [1.82, 2.24) is 5.32 Å². The summed E-state index contributed by atoms with van der Waals surface area (Å²) in [5.74, 6) is 0.571. The molecule has 148 valence electrons. The van der Waals surface area contributed by atoms with Crippen molar-refractivity contribution in [2.75, 3.05) is 26.1 Å². The fourth-order valence-electron chi connectivity index (χ4n) is 2.46. The minimum absolute atomic E-state index is 0.271. The Labute approximate surface area is 169 Å². The summed E-state index contributed by atoms with van der Waals surface area (Å²) in [6.07, 6.45) is 3.77. The number of nitrogens with one attached hydrogen (secondary N) is 2. The Morgan fingerprint density at radius 3 is 2.57 bits per heavy atom. The molecule has 2 amide bonds. The van der Waals surface area contributed by atoms with Gasteiger partial charge in [0.05, 0.1) is 25.5 Å². The highest BCUT2D eigenvalue weighted by Gasteiger charge is 2.13. The Kier molecular flexibility index (Phi) is 7.89. The molecule has 0 fully saturated rings. The van der Waals surface area contributed by atoms with Crippen molar-refractivity contribution >= 4 is 35.2 Å². The van der Waals surface area contributed by atoms with Crippen molar-refractivity contribution in [1.29, 1.82) is 0 Å². The first-order chi connectivity index (χ1) is 13.5. The van der Waals surface area contributed by atoms with Crippen LogP contribution in [-0.4, -0.2) is 32.6 Å². The topological polar surface area (TPSA) is 76.7 Å². The van der Waals surface area contributed by atoms with E-state index in [1.807, 2.05) is 6.92 Å². The molecule has 7 heteroatoms. The molecule has 2 aromatic carbocycles. The average Bonchev–Trinajstić information content (AvgIpc) is 2.70. The number of ether oxygens (including phenoxy) is 2. The molecule has 0 saturated heterocycles. The summed E-state index contributed by atoms with van der Waals surface area (Å²) in [5.41, 5.74) is 1.37. The number of methoxy groups -OCH3 is 2. The van der Waals surface area contributed by atoms with Crippen molar-refractivity contribution in [2.45, 2.75) is 13.3 Å². The van der Waals surface area contributed by atoms with Gasteiger partial charge >= 0.3 is 0 Å². The maximum absolute atomic E-state index is 12.4. The van der Waals surface area contributed by atoms with Crippen molar-refractivity contribution < 1.29 is 19.1 Å². The van der Waals surface area contributed by atoms with Crippen LogP contribution in [0.2, 0.25) is 5.02 Å². The predicted molar refractivity (Wildman–Crippen MR) is 111 cm³/mol. The zero-order chi connectivity index (χ0) is 20.5. The molecule has 0 atom stereocenters. The molecular weight excluding hydrogens is 380 g/mol. The van der Waals surface area contributed by atoms with E-state index in [4.69, 9.17) is 21.1 Å². The van der Waals surface area contributed by atoms with Crippen LogP contribution >= 0.6 is 11.6 Å². The minimum atomic E-state index is -0.406. The smallest absolute Gasteiger partial charge is 0.253 e. The number of benzene rings is 2. The Morgan fingerprint density at radius 1 is 1.11 bits per heavy atom. The number of anilines is 1. The van der Waals surface area contributed by atoms with E-state index in [0.717, 1.165) is 6.42 Å². The van der Waals surface area contributed by atoms with Gasteiger partial charge in [-0.25, -0.2) is 0 Å². The number of carbonyl (C=O) groups excluding carboxylic acids is 2. The first-order valence-electron chi connectivity index (χ1n) is 8.77. The molecule has 0 saturated carbocycles. The van der Waals surface area contributed by atoms with Crippen LogP contribution in [0, 0.1) is 0 Å². The highest BCUT2D eigenvalue weighted by atomic mass is 35.5. The van der Waals surface area contributed by atoms with Crippen LogP contribution in [0.15, 0.2) is 42.5 Å². The van der Waals surface area contributed by atoms with Gasteiger partial charge in [0.1, 0.15) is 11.5 Å². The molecule has 28 heavy (non-hydrogen) atoms. The summed E-state index contributed by atoms with van der Waals surface area (Å²) >= 11 is 6.02. The number of hydrogen-bond acceptors (Lipinski definition) is 4. The molecule has 0 aliphatic rings. The molecule has 0 aliphatic carbocycles. The molecular formula is C21H23ClN2O4. The van der Waals surface area contributed by atoms with Crippen molar-refractivity contribution in [3.63, 3.8) is 0 Å². The lowest BCUT2D eigenvalue weighted by molar-refractivity contribution is -0.111. The molecule has 2 N–H and O–H groups in total. The zero-order valence-corrected chi connectivity index (χ0v) is 16.8. The molecule has 2 rings (SSSR count). The van der Waals surface area contributed by atoms with E-state index < -0.39 is 5.91 Å². The minimum Gasteiger partial charge on any atom is -0.497 e. The Balaban J connectivity index is 2.20. The third-order valence-corrected chi connectivity index (χ3v) is 4.11. The normalized spacial score (nSPS) is 10.6. The van der Waals surface area contributed by atoms with Gasteiger partial charge < -0.3 is 20.1 Å². The van der Waals surface area contributed by atoms with E-state index in [9.17, 15) is 9.59 Å². The van der Waals surface area contributed by atoms with Crippen LogP contribution in [0.5, 0.6) is 11.5 Å². The summed E-state index contributed by atoms with van der Waals surface area (Å²) in [7, 11) is 3.11. The molecule has 0 bridgehead atoms. The fraction of sp³-hybridized carbons (Fsp3) is 0.238. The highest BCUT2D eigenvalue weighted by Crippen LogP contribution is 2.25. The van der Waals surface area contributed by atoms with Gasteiger partial charge in [-0.15, -0.1) is 0 Å². The van der Waals surface area contributed by atoms with Crippen molar-refractivity contribution in [2.24, 2.45) is 0 Å². The molecule has 0 aromatic heterocycles. The quantitative estimate of drug-likeness (QED) is 0.650. The van der Waals surface area contributed by atoms with E-state index >= 15 is 0 Å². The second kappa shape index (κ2) is 10.4. The Morgan fingerprint density at radius 2 is 1.89 bits per heavy atom. The molecule has 0 heterocycles. The van der Waals surface area contributed by atoms with Gasteiger partial charge in [-0.2, -0.15) is 0 Å². The second-order valence-electron chi connectivity index (χ2n) is 5.88. The average molecular weight is 403 g/mol. The maximum Gasteiger partial charge on any atom is 0.253 e. The number of halogens is 1. The first kappa shape index (κ1) is 21.3. The number of carbonyl (C=O) groups is 2. The number of amides is 2. The van der Waals surface area contributed by atoms with Crippen LogP contribution < -0.4 is 20.1 Å². The molecule has 6 nitrogen and oxygen atoms in total. The summed E-state index contributed by atoms with van der Waals surface area (Å²) in [6.45, 7) is 2.51. The summed E-state index contributed by atoms with van der Waals surface area (Å²) < 4.78 is 10.5. The molecule has 0 spiro atoms. The van der Waals surface area contributed by atoms with Gasteiger partial charge in [0, 0.05) is 23.2 Å². The summed E-state index contributed by atoms with van der Waals surface area (Å²) in [6, 6.07) is 10.0. The van der Waals surface area contributed by atoms with Gasteiger partial charge in [0.15, 0.2) is 0 Å². The lowest BCUT2D eigenvalue weighted by Crippen LogP contribution is -2.25. The van der Waals surface area contributed by atoms with E-state index in [1.54, 1.807) is 56.7 Å². The fourth-order valence-corrected chi connectivity index (χ4v) is 2.63. The molecule has 0 unspecified atom stereocenters. The van der Waals surface area contributed by atoms with Crippen LogP contribution in [-0.2, 0) is 4.79 Å². The molecule has 0 radical (unpaired) electrons. The second-order valence-corrected chi connectivity index (χ2v) is 6.31. The van der Waals surface area contributed by atoms with Gasteiger partial charge in [-0.1, -0.05) is 18.5 Å². The third-order valence-electron chi connectivity index (χ3n) is 3.87. The van der Waals surface area contributed by atoms with Crippen LogP contribution in [0.3, 0.4) is 0 Å².